The fourth-order valence-electron chi connectivity index (χ4n) is 0.591. The Bertz CT molecular complexity index is 197. The van der Waals surface area contributed by atoms with Crippen molar-refractivity contribution in [3.63, 3.8) is 0 Å². The molecule has 4 heteroatoms. The Hall–Kier alpha value is -0.900. The molecule has 0 saturated carbocycles. The molecule has 0 aromatic carbocycles. The second-order valence-corrected chi connectivity index (χ2v) is 1.91. The van der Waals surface area contributed by atoms with Gasteiger partial charge in [0.1, 0.15) is 6.61 Å². The lowest BCUT2D eigenvalue weighted by atomic mass is 10.6. The Balaban J connectivity index is 2.49. The fraction of sp³-hybridized carbons (Fsp3) is 0.667. The monoisotopic (exact) mass is 140 g/mol. The van der Waals surface area contributed by atoms with Gasteiger partial charge in [-0.2, -0.15) is 0 Å². The van der Waals surface area contributed by atoms with Crippen LogP contribution in [0.3, 0.4) is 0 Å². The van der Waals surface area contributed by atoms with Gasteiger partial charge in [0.05, 0.1) is 0 Å². The van der Waals surface area contributed by atoms with Crippen molar-refractivity contribution < 1.29 is 4.74 Å². The predicted octanol–water partition coefficient (Wildman–Crippen LogP) is 0.152. The predicted molar refractivity (Wildman–Crippen MR) is 35.2 cm³/mol. The number of hydrogen-bond acceptors (Lipinski definition) is 3. The Morgan fingerprint density at radius 2 is 2.50 bits per heavy atom. The maximum absolute atomic E-state index is 5.12. The van der Waals surface area contributed by atoms with Crippen LogP contribution in [0.2, 0.25) is 0 Å². The lowest BCUT2D eigenvalue weighted by Crippen LogP contribution is -2.00. The molecule has 4 nitrogen and oxygen atoms in total. The molecule has 0 bridgehead atoms. The summed E-state index contributed by atoms with van der Waals surface area (Å²) in [5.41, 5.74) is 0. The van der Waals surface area contributed by atoms with Crippen LogP contribution < -0.4 is 0 Å². The highest BCUT2D eigenvalue weighted by Crippen LogP contribution is 1.92. The van der Waals surface area contributed by atoms with E-state index in [9.17, 15) is 0 Å². The molecule has 0 saturated heterocycles. The summed E-state index contributed by atoms with van der Waals surface area (Å²) in [4.78, 5) is 0. The van der Waals surface area contributed by atoms with Crippen LogP contribution in [-0.2, 0) is 18.4 Å². The first kappa shape index (κ1) is 7.21. The third-order valence-electron chi connectivity index (χ3n) is 1.18. The molecule has 0 aliphatic carbocycles. The summed E-state index contributed by atoms with van der Waals surface area (Å²) in [5.74, 6) is 0.807. The Morgan fingerprint density at radius 1 is 1.70 bits per heavy atom. The van der Waals surface area contributed by atoms with Crippen molar-refractivity contribution in [3.05, 3.63) is 12.2 Å². The van der Waals surface area contributed by atoms with Crippen LogP contribution in [0.25, 0.3) is 0 Å². The normalized spacial score (nSPS) is 10.2. The van der Waals surface area contributed by atoms with Crippen LogP contribution in [0.5, 0.6) is 0 Å². The molecular weight excluding hydrogens is 130 g/mol. The number of hydrogen-bond donors (Lipinski definition) is 0. The zero-order valence-corrected chi connectivity index (χ0v) is 6.16. The van der Waals surface area contributed by atoms with Gasteiger partial charge in [-0.25, -0.2) is 0 Å². The molecule has 1 heterocycles. The van der Waals surface area contributed by atoms with E-state index < -0.39 is 0 Å². The molecule has 0 atom stereocenters. The van der Waals surface area contributed by atoms with E-state index in [1.54, 1.807) is 4.57 Å². The van der Waals surface area contributed by atoms with Gasteiger partial charge in [-0.05, 0) is 6.92 Å². The van der Waals surface area contributed by atoms with Crippen LogP contribution in [0.1, 0.15) is 12.7 Å². The molecular formula is C6H10N3O. The van der Waals surface area contributed by atoms with Crippen LogP contribution >= 0.6 is 0 Å². The molecule has 0 unspecified atom stereocenters. The van der Waals surface area contributed by atoms with Gasteiger partial charge in [-0.15, -0.1) is 10.2 Å². The highest BCUT2D eigenvalue weighted by atomic mass is 16.5. The van der Waals surface area contributed by atoms with Crippen molar-refractivity contribution in [2.75, 3.05) is 6.61 Å². The molecule has 0 N–H and O–H groups in total. The Labute approximate surface area is 59.8 Å². The largest absolute Gasteiger partial charge is 0.374 e. The van der Waals surface area contributed by atoms with E-state index >= 15 is 0 Å². The Kier molecular flexibility index (Phi) is 2.39. The first-order valence-electron chi connectivity index (χ1n) is 3.18. The third-order valence-corrected chi connectivity index (χ3v) is 1.18. The van der Waals surface area contributed by atoms with Crippen molar-refractivity contribution in [2.24, 2.45) is 7.05 Å². The summed E-state index contributed by atoms with van der Waals surface area (Å²) in [6.45, 7) is 3.16. The summed E-state index contributed by atoms with van der Waals surface area (Å²) in [7, 11) is 1.84. The van der Waals surface area contributed by atoms with Crippen molar-refractivity contribution in [1.29, 1.82) is 0 Å². The maximum atomic E-state index is 5.12. The minimum absolute atomic E-state index is 0.517. The molecule has 1 aromatic heterocycles. The number of nitrogens with zero attached hydrogens (tertiary/aromatic N) is 3. The number of aromatic nitrogens is 3. The van der Waals surface area contributed by atoms with Gasteiger partial charge in [0, 0.05) is 13.7 Å². The zero-order valence-electron chi connectivity index (χ0n) is 6.16. The van der Waals surface area contributed by atoms with Gasteiger partial charge >= 0.3 is 0 Å². The second kappa shape index (κ2) is 3.31. The average molecular weight is 140 g/mol. The number of rotatable bonds is 3. The molecule has 0 aliphatic heterocycles. The molecule has 10 heavy (non-hydrogen) atoms. The van der Waals surface area contributed by atoms with Gasteiger partial charge in [-0.3, -0.25) is 0 Å². The van der Waals surface area contributed by atoms with Crippen LogP contribution in [-0.4, -0.2) is 21.4 Å². The van der Waals surface area contributed by atoms with E-state index in [0.29, 0.717) is 13.2 Å². The minimum atomic E-state index is 0.517. The van der Waals surface area contributed by atoms with Crippen LogP contribution in [0.15, 0.2) is 0 Å². The summed E-state index contributed by atoms with van der Waals surface area (Å²) < 4.78 is 6.83. The molecule has 55 valence electrons. The average Bonchev–Trinajstić information content (AvgIpc) is 2.31. The summed E-state index contributed by atoms with van der Waals surface area (Å²) in [5, 5.41) is 7.37. The highest BCUT2D eigenvalue weighted by Gasteiger charge is 1.98. The molecule has 1 rings (SSSR count). The van der Waals surface area contributed by atoms with Gasteiger partial charge in [0.15, 0.2) is 5.82 Å². The molecule has 0 fully saturated rings. The Morgan fingerprint density at radius 3 is 3.00 bits per heavy atom. The van der Waals surface area contributed by atoms with Crippen molar-refractivity contribution in [2.45, 2.75) is 13.5 Å². The summed E-state index contributed by atoms with van der Waals surface area (Å²) in [6, 6.07) is 0. The first-order valence-corrected chi connectivity index (χ1v) is 3.18. The van der Waals surface area contributed by atoms with Crippen LogP contribution in [0.4, 0.5) is 0 Å². The molecule has 1 radical (unpaired) electrons. The fourth-order valence-corrected chi connectivity index (χ4v) is 0.591. The molecule has 0 aliphatic rings. The quantitative estimate of drug-likeness (QED) is 0.600. The van der Waals surface area contributed by atoms with Gasteiger partial charge in [0.25, 0.3) is 0 Å². The summed E-state index contributed by atoms with van der Waals surface area (Å²) in [6.07, 6.45) is 2.65. The maximum Gasteiger partial charge on any atom is 0.201 e. The van der Waals surface area contributed by atoms with E-state index in [4.69, 9.17) is 4.74 Å². The summed E-state index contributed by atoms with van der Waals surface area (Å²) >= 11 is 0. The van der Waals surface area contributed by atoms with E-state index in [0.717, 1.165) is 5.82 Å². The van der Waals surface area contributed by atoms with Gasteiger partial charge in [-0.1, -0.05) is 0 Å². The molecule has 0 spiro atoms. The van der Waals surface area contributed by atoms with Crippen LogP contribution in [0, 0.1) is 6.33 Å². The molecule has 0 amide bonds. The van der Waals surface area contributed by atoms with Gasteiger partial charge in [0.2, 0.25) is 6.33 Å². The van der Waals surface area contributed by atoms with Gasteiger partial charge < -0.3 is 9.30 Å². The third kappa shape index (κ3) is 1.54. The lowest BCUT2D eigenvalue weighted by Gasteiger charge is -1.97. The second-order valence-electron chi connectivity index (χ2n) is 1.91. The SMILES string of the molecule is CCOCc1nn[c]n1C. The van der Waals surface area contributed by atoms with E-state index in [2.05, 4.69) is 16.5 Å². The standard InChI is InChI=1S/C6H10N3O/c1-3-10-4-6-8-7-5-9(6)2/h3-4H2,1-2H3. The topological polar surface area (TPSA) is 39.9 Å². The minimum Gasteiger partial charge on any atom is -0.374 e. The van der Waals surface area contributed by atoms with E-state index in [1.165, 1.54) is 0 Å². The highest BCUT2D eigenvalue weighted by molar-refractivity contribution is 4.79. The first-order chi connectivity index (χ1) is 4.84. The zero-order chi connectivity index (χ0) is 7.40. The van der Waals surface area contributed by atoms with E-state index in [-0.39, 0.29) is 0 Å². The number of aryl methyl sites for hydroxylation is 1. The molecule has 1 aromatic rings. The number of ether oxygens (including phenoxy) is 1. The van der Waals surface area contributed by atoms with Crippen molar-refractivity contribution >= 4 is 0 Å². The van der Waals surface area contributed by atoms with Crippen molar-refractivity contribution in [1.82, 2.24) is 14.8 Å². The van der Waals surface area contributed by atoms with Crippen molar-refractivity contribution in [3.8, 4) is 0 Å². The smallest absolute Gasteiger partial charge is 0.201 e. The lowest BCUT2D eigenvalue weighted by molar-refractivity contribution is 0.126. The van der Waals surface area contributed by atoms with E-state index in [1.807, 2.05) is 14.0 Å².